The summed E-state index contributed by atoms with van der Waals surface area (Å²) in [4.78, 5) is 15.0. The van der Waals surface area contributed by atoms with Gasteiger partial charge in [0.2, 0.25) is 0 Å². The Morgan fingerprint density at radius 2 is 2.20 bits per heavy atom. The van der Waals surface area contributed by atoms with Crippen LogP contribution in [0, 0.1) is 0 Å². The zero-order valence-corrected chi connectivity index (χ0v) is 16.9. The van der Waals surface area contributed by atoms with Crippen LogP contribution in [0.15, 0.2) is 12.3 Å². The van der Waals surface area contributed by atoms with Gasteiger partial charge in [0.25, 0.3) is 5.91 Å². The Labute approximate surface area is 158 Å². The number of rotatable bonds is 9. The number of aromatic nitrogens is 2. The molecule has 1 aliphatic heterocycles. The molecular formula is C19H35ClN4O. The van der Waals surface area contributed by atoms with Crippen molar-refractivity contribution in [2.75, 3.05) is 19.6 Å². The summed E-state index contributed by atoms with van der Waals surface area (Å²) in [5.74, 6) is 0.0922. The molecule has 0 saturated carbocycles. The molecule has 1 saturated heterocycles. The maximum Gasteiger partial charge on any atom is 0.274 e. The van der Waals surface area contributed by atoms with Gasteiger partial charge in [-0.05, 0) is 45.2 Å². The first kappa shape index (κ1) is 22.0. The number of amides is 1. The SMILES string of the molecule is CCCCCN(C(=O)c1ccn(C2CCCNC2)n1)C(C)CCC.Cl. The van der Waals surface area contributed by atoms with Gasteiger partial charge >= 0.3 is 0 Å². The van der Waals surface area contributed by atoms with Gasteiger partial charge in [-0.3, -0.25) is 9.48 Å². The zero-order chi connectivity index (χ0) is 17.4. The monoisotopic (exact) mass is 370 g/mol. The third-order valence-electron chi connectivity index (χ3n) is 4.97. The molecule has 1 amide bonds. The average molecular weight is 371 g/mol. The highest BCUT2D eigenvalue weighted by Crippen LogP contribution is 2.18. The number of carbonyl (C=O) groups excluding carboxylic acids is 1. The predicted octanol–water partition coefficient (Wildman–Crippen LogP) is 4.05. The summed E-state index contributed by atoms with van der Waals surface area (Å²) in [6.45, 7) is 9.41. The summed E-state index contributed by atoms with van der Waals surface area (Å²) < 4.78 is 1.98. The number of nitrogens with zero attached hydrogens (tertiary/aromatic N) is 3. The second kappa shape index (κ2) is 11.5. The van der Waals surface area contributed by atoms with Crippen LogP contribution >= 0.6 is 12.4 Å². The van der Waals surface area contributed by atoms with Crippen LogP contribution in [0.2, 0.25) is 0 Å². The molecule has 0 bridgehead atoms. The van der Waals surface area contributed by atoms with Crippen LogP contribution in [-0.4, -0.2) is 46.3 Å². The minimum Gasteiger partial charge on any atom is -0.335 e. The van der Waals surface area contributed by atoms with Crippen molar-refractivity contribution in [2.24, 2.45) is 0 Å². The molecule has 5 nitrogen and oxygen atoms in total. The summed E-state index contributed by atoms with van der Waals surface area (Å²) >= 11 is 0. The van der Waals surface area contributed by atoms with Crippen LogP contribution in [0.4, 0.5) is 0 Å². The lowest BCUT2D eigenvalue weighted by atomic mass is 10.1. The van der Waals surface area contributed by atoms with Crippen LogP contribution in [0.25, 0.3) is 0 Å². The maximum absolute atomic E-state index is 13.0. The summed E-state index contributed by atoms with van der Waals surface area (Å²) in [6.07, 6.45) is 9.84. The molecule has 1 N–H and O–H groups in total. The number of halogens is 1. The summed E-state index contributed by atoms with van der Waals surface area (Å²) in [7, 11) is 0. The van der Waals surface area contributed by atoms with Crippen LogP contribution in [0.5, 0.6) is 0 Å². The molecule has 1 aromatic heterocycles. The summed E-state index contributed by atoms with van der Waals surface area (Å²) in [5.41, 5.74) is 0.597. The second-order valence-electron chi connectivity index (χ2n) is 7.02. The summed E-state index contributed by atoms with van der Waals surface area (Å²) in [5, 5.41) is 8.02. The number of piperidine rings is 1. The highest BCUT2D eigenvalue weighted by Gasteiger charge is 2.24. The molecule has 1 aromatic rings. The van der Waals surface area contributed by atoms with Crippen molar-refractivity contribution in [3.8, 4) is 0 Å². The van der Waals surface area contributed by atoms with Gasteiger partial charge in [0.15, 0.2) is 0 Å². The molecule has 144 valence electrons. The molecule has 1 fully saturated rings. The summed E-state index contributed by atoms with van der Waals surface area (Å²) in [6, 6.07) is 2.55. The van der Waals surface area contributed by atoms with E-state index in [0.717, 1.165) is 45.3 Å². The van der Waals surface area contributed by atoms with Crippen molar-refractivity contribution in [1.82, 2.24) is 20.0 Å². The van der Waals surface area contributed by atoms with Crippen molar-refractivity contribution in [3.05, 3.63) is 18.0 Å². The number of carbonyl (C=O) groups is 1. The Bertz CT molecular complexity index is 499. The third-order valence-corrected chi connectivity index (χ3v) is 4.97. The topological polar surface area (TPSA) is 50.2 Å². The van der Waals surface area contributed by atoms with Crippen LogP contribution < -0.4 is 5.32 Å². The molecule has 0 aromatic carbocycles. The first-order valence-electron chi connectivity index (χ1n) is 9.74. The number of unbranched alkanes of at least 4 members (excludes halogenated alkanes) is 2. The van der Waals surface area contributed by atoms with E-state index in [2.05, 4.69) is 31.2 Å². The van der Waals surface area contributed by atoms with E-state index in [1.165, 1.54) is 19.3 Å². The number of nitrogens with one attached hydrogen (secondary N) is 1. The van der Waals surface area contributed by atoms with Crippen molar-refractivity contribution in [1.29, 1.82) is 0 Å². The molecule has 2 unspecified atom stereocenters. The van der Waals surface area contributed by atoms with Gasteiger partial charge in [-0.15, -0.1) is 12.4 Å². The molecule has 2 rings (SSSR count). The van der Waals surface area contributed by atoms with Gasteiger partial charge in [0.1, 0.15) is 5.69 Å². The normalized spacial score (nSPS) is 18.4. The number of hydrogen-bond acceptors (Lipinski definition) is 3. The standard InChI is InChI=1S/C19H34N4O.ClH/c1-4-6-7-13-22(16(3)9-5-2)19(24)18-11-14-23(21-18)17-10-8-12-20-15-17;/h11,14,16-17,20H,4-10,12-13,15H2,1-3H3;1H. The number of hydrogen-bond donors (Lipinski definition) is 1. The Morgan fingerprint density at radius 3 is 2.84 bits per heavy atom. The van der Waals surface area contributed by atoms with E-state index in [4.69, 9.17) is 0 Å². The second-order valence-corrected chi connectivity index (χ2v) is 7.02. The largest absolute Gasteiger partial charge is 0.335 e. The van der Waals surface area contributed by atoms with E-state index < -0.39 is 0 Å². The Kier molecular flexibility index (Phi) is 10.1. The molecule has 0 spiro atoms. The molecule has 0 radical (unpaired) electrons. The smallest absolute Gasteiger partial charge is 0.274 e. The predicted molar refractivity (Wildman–Crippen MR) is 106 cm³/mol. The Hall–Kier alpha value is -1.07. The van der Waals surface area contributed by atoms with Gasteiger partial charge < -0.3 is 10.2 Å². The Morgan fingerprint density at radius 1 is 1.40 bits per heavy atom. The van der Waals surface area contributed by atoms with E-state index >= 15 is 0 Å². The molecule has 25 heavy (non-hydrogen) atoms. The average Bonchev–Trinajstić information content (AvgIpc) is 3.09. The highest BCUT2D eigenvalue weighted by molar-refractivity contribution is 5.92. The molecule has 2 heterocycles. The van der Waals surface area contributed by atoms with Crippen molar-refractivity contribution >= 4 is 18.3 Å². The first-order chi connectivity index (χ1) is 11.7. The van der Waals surface area contributed by atoms with Crippen molar-refractivity contribution in [2.45, 2.75) is 77.8 Å². The molecule has 0 aliphatic carbocycles. The van der Waals surface area contributed by atoms with Crippen LogP contribution in [0.1, 0.15) is 82.2 Å². The molecule has 6 heteroatoms. The molecule has 1 aliphatic rings. The lowest BCUT2D eigenvalue weighted by molar-refractivity contribution is 0.0672. The van der Waals surface area contributed by atoms with Gasteiger partial charge in [-0.1, -0.05) is 33.1 Å². The van der Waals surface area contributed by atoms with Crippen LogP contribution in [-0.2, 0) is 0 Å². The maximum atomic E-state index is 13.0. The lowest BCUT2D eigenvalue weighted by Gasteiger charge is -2.29. The van der Waals surface area contributed by atoms with E-state index in [-0.39, 0.29) is 24.4 Å². The Balaban J connectivity index is 0.00000312. The highest BCUT2D eigenvalue weighted by atomic mass is 35.5. The van der Waals surface area contributed by atoms with E-state index in [1.54, 1.807) is 0 Å². The van der Waals surface area contributed by atoms with Crippen LogP contribution in [0.3, 0.4) is 0 Å². The fourth-order valence-corrected chi connectivity index (χ4v) is 3.49. The van der Waals surface area contributed by atoms with Crippen molar-refractivity contribution < 1.29 is 4.79 Å². The fraction of sp³-hybridized carbons (Fsp3) is 0.789. The first-order valence-corrected chi connectivity index (χ1v) is 9.74. The van der Waals surface area contributed by atoms with Gasteiger partial charge in [0, 0.05) is 25.3 Å². The van der Waals surface area contributed by atoms with E-state index in [9.17, 15) is 4.79 Å². The van der Waals surface area contributed by atoms with Gasteiger partial charge in [-0.25, -0.2) is 0 Å². The van der Waals surface area contributed by atoms with Gasteiger partial charge in [-0.2, -0.15) is 5.10 Å². The molecular weight excluding hydrogens is 336 g/mol. The zero-order valence-electron chi connectivity index (χ0n) is 16.0. The van der Waals surface area contributed by atoms with E-state index in [0.29, 0.717) is 11.7 Å². The quantitative estimate of drug-likeness (QED) is 0.667. The molecule has 2 atom stereocenters. The van der Waals surface area contributed by atoms with E-state index in [1.807, 2.05) is 21.8 Å². The van der Waals surface area contributed by atoms with Gasteiger partial charge in [0.05, 0.1) is 6.04 Å². The lowest BCUT2D eigenvalue weighted by Crippen LogP contribution is -2.39. The fourth-order valence-electron chi connectivity index (χ4n) is 3.49. The van der Waals surface area contributed by atoms with Crippen molar-refractivity contribution in [3.63, 3.8) is 0 Å². The minimum atomic E-state index is 0. The third kappa shape index (κ3) is 6.30. The minimum absolute atomic E-state index is 0.